The van der Waals surface area contributed by atoms with Crippen molar-refractivity contribution in [1.82, 2.24) is 0 Å². The van der Waals surface area contributed by atoms with Gasteiger partial charge in [0.2, 0.25) is 0 Å². The predicted octanol–water partition coefficient (Wildman–Crippen LogP) is 4.56. The van der Waals surface area contributed by atoms with Crippen LogP contribution in [0.2, 0.25) is 0 Å². The fourth-order valence-electron chi connectivity index (χ4n) is 1.86. The number of non-ortho nitro benzene ring substituents is 2. The number of nitro groups is 2. The van der Waals surface area contributed by atoms with E-state index in [-0.39, 0.29) is 11.3 Å². The maximum Gasteiger partial charge on any atom is 0.344 e. The molecule has 0 saturated carbocycles. The van der Waals surface area contributed by atoms with E-state index in [0.29, 0.717) is 8.95 Å². The first-order chi connectivity index (χ1) is 11.2. The number of benzene rings is 2. The van der Waals surface area contributed by atoms with Gasteiger partial charge < -0.3 is 4.74 Å². The van der Waals surface area contributed by atoms with Crippen molar-refractivity contribution in [3.8, 4) is 5.75 Å². The standard InChI is InChI=1S/C14H8Br2N2O6/c1-7-2-11(15)13(12(16)3-7)24-14(19)8-4-9(17(20)21)6-10(5-8)18(22)23/h2-6H,1H3. The molecule has 124 valence electrons. The van der Waals surface area contributed by atoms with Gasteiger partial charge in [-0.2, -0.15) is 0 Å². The molecule has 0 unspecified atom stereocenters. The van der Waals surface area contributed by atoms with E-state index in [4.69, 9.17) is 4.74 Å². The molecule has 10 heteroatoms. The molecule has 8 nitrogen and oxygen atoms in total. The van der Waals surface area contributed by atoms with Crippen LogP contribution < -0.4 is 4.74 Å². The van der Waals surface area contributed by atoms with E-state index >= 15 is 0 Å². The molecule has 2 aromatic rings. The maximum absolute atomic E-state index is 12.2. The SMILES string of the molecule is Cc1cc(Br)c(OC(=O)c2cc([N+](=O)[O-])cc([N+](=O)[O-])c2)c(Br)c1. The Balaban J connectivity index is 2.43. The number of nitrogens with zero attached hydrogens (tertiary/aromatic N) is 2. The molecule has 0 aliphatic heterocycles. The largest absolute Gasteiger partial charge is 0.420 e. The predicted molar refractivity (Wildman–Crippen MR) is 91.3 cm³/mol. The smallest absolute Gasteiger partial charge is 0.344 e. The average molecular weight is 460 g/mol. The number of hydrogen-bond donors (Lipinski definition) is 0. The van der Waals surface area contributed by atoms with Gasteiger partial charge in [0.25, 0.3) is 11.4 Å². The third-order valence-corrected chi connectivity index (χ3v) is 4.08. The molecule has 0 aliphatic rings. The molecule has 0 aliphatic carbocycles. The van der Waals surface area contributed by atoms with Crippen molar-refractivity contribution >= 4 is 49.2 Å². The number of ether oxygens (including phenoxy) is 1. The third kappa shape index (κ3) is 3.95. The topological polar surface area (TPSA) is 113 Å². The first-order valence-corrected chi connectivity index (χ1v) is 7.89. The van der Waals surface area contributed by atoms with Crippen molar-refractivity contribution < 1.29 is 19.4 Å². The summed E-state index contributed by atoms with van der Waals surface area (Å²) in [5.74, 6) is -0.785. The van der Waals surface area contributed by atoms with Crippen LogP contribution in [0.15, 0.2) is 39.3 Å². The van der Waals surface area contributed by atoms with E-state index in [9.17, 15) is 25.0 Å². The highest BCUT2D eigenvalue weighted by Gasteiger charge is 2.22. The fourth-order valence-corrected chi connectivity index (χ4v) is 3.44. The van der Waals surface area contributed by atoms with Crippen molar-refractivity contribution in [2.45, 2.75) is 6.92 Å². The van der Waals surface area contributed by atoms with Crippen molar-refractivity contribution in [3.63, 3.8) is 0 Å². The summed E-state index contributed by atoms with van der Waals surface area (Å²) in [6.45, 7) is 1.84. The molecule has 0 heterocycles. The lowest BCUT2D eigenvalue weighted by molar-refractivity contribution is -0.394. The van der Waals surface area contributed by atoms with E-state index in [2.05, 4.69) is 31.9 Å². The van der Waals surface area contributed by atoms with E-state index in [1.165, 1.54) is 0 Å². The van der Waals surface area contributed by atoms with Crippen LogP contribution in [0.4, 0.5) is 11.4 Å². The Hall–Kier alpha value is -2.33. The molecule has 24 heavy (non-hydrogen) atoms. The first-order valence-electron chi connectivity index (χ1n) is 6.30. The van der Waals surface area contributed by atoms with Gasteiger partial charge in [0.1, 0.15) is 0 Å². The van der Waals surface area contributed by atoms with E-state index in [1.54, 1.807) is 12.1 Å². The summed E-state index contributed by atoms with van der Waals surface area (Å²) in [6, 6.07) is 6.04. The summed E-state index contributed by atoms with van der Waals surface area (Å²) < 4.78 is 6.19. The Kier molecular flexibility index (Phi) is 5.30. The summed E-state index contributed by atoms with van der Waals surface area (Å²) in [6.07, 6.45) is 0. The Morgan fingerprint density at radius 2 is 1.42 bits per heavy atom. The van der Waals surface area contributed by atoms with E-state index in [0.717, 1.165) is 23.8 Å². The molecule has 0 aromatic heterocycles. The molecular formula is C14H8Br2N2O6. The number of carbonyl (C=O) groups is 1. The second-order valence-corrected chi connectivity index (χ2v) is 6.41. The number of hydrogen-bond acceptors (Lipinski definition) is 6. The number of rotatable bonds is 4. The van der Waals surface area contributed by atoms with Gasteiger partial charge in [-0.3, -0.25) is 20.2 Å². The highest BCUT2D eigenvalue weighted by Crippen LogP contribution is 2.35. The van der Waals surface area contributed by atoms with Crippen LogP contribution in [0.1, 0.15) is 15.9 Å². The molecule has 0 atom stereocenters. The van der Waals surface area contributed by atoms with Crippen LogP contribution in [0, 0.1) is 27.2 Å². The lowest BCUT2D eigenvalue weighted by atomic mass is 10.1. The van der Waals surface area contributed by atoms with Gasteiger partial charge in [-0.15, -0.1) is 0 Å². The molecule has 2 rings (SSSR count). The first kappa shape index (κ1) is 18.0. The van der Waals surface area contributed by atoms with Crippen molar-refractivity contribution in [2.75, 3.05) is 0 Å². The number of esters is 1. The Morgan fingerprint density at radius 1 is 0.958 bits per heavy atom. The lowest BCUT2D eigenvalue weighted by Crippen LogP contribution is -2.10. The zero-order valence-corrected chi connectivity index (χ0v) is 15.2. The summed E-state index contributed by atoms with van der Waals surface area (Å²) in [5.41, 5.74) is -0.536. The van der Waals surface area contributed by atoms with Gasteiger partial charge in [-0.05, 0) is 56.5 Å². The van der Waals surface area contributed by atoms with Crippen LogP contribution in [0.3, 0.4) is 0 Å². The zero-order valence-electron chi connectivity index (χ0n) is 12.0. The van der Waals surface area contributed by atoms with Gasteiger partial charge in [0.15, 0.2) is 5.75 Å². The number of nitro benzene ring substituents is 2. The van der Waals surface area contributed by atoms with Crippen molar-refractivity contribution in [3.05, 3.63) is 70.6 Å². The maximum atomic E-state index is 12.2. The van der Waals surface area contributed by atoms with Crippen molar-refractivity contribution in [2.24, 2.45) is 0 Å². The number of carbonyl (C=O) groups excluding carboxylic acids is 1. The molecule has 0 spiro atoms. The molecule has 0 saturated heterocycles. The summed E-state index contributed by atoms with van der Waals surface area (Å²) in [4.78, 5) is 32.3. The lowest BCUT2D eigenvalue weighted by Gasteiger charge is -2.09. The second kappa shape index (κ2) is 7.05. The monoisotopic (exact) mass is 458 g/mol. The minimum Gasteiger partial charge on any atom is -0.420 e. The van der Waals surface area contributed by atoms with E-state index in [1.807, 2.05) is 6.92 Å². The van der Waals surface area contributed by atoms with Crippen molar-refractivity contribution in [1.29, 1.82) is 0 Å². The summed E-state index contributed by atoms with van der Waals surface area (Å²) >= 11 is 6.50. The molecule has 0 fully saturated rings. The molecule has 0 bridgehead atoms. The minimum absolute atomic E-state index is 0.166. The van der Waals surface area contributed by atoms with Crippen LogP contribution in [-0.4, -0.2) is 15.8 Å². The summed E-state index contributed by atoms with van der Waals surface area (Å²) in [7, 11) is 0. The molecule has 0 N–H and O–H groups in total. The zero-order chi connectivity index (χ0) is 18.0. The van der Waals surface area contributed by atoms with Gasteiger partial charge in [0, 0.05) is 12.1 Å². The van der Waals surface area contributed by atoms with Crippen LogP contribution in [0.25, 0.3) is 0 Å². The minimum atomic E-state index is -0.952. The summed E-state index contributed by atoms with van der Waals surface area (Å²) in [5, 5.41) is 21.7. The second-order valence-electron chi connectivity index (χ2n) is 4.70. The van der Waals surface area contributed by atoms with Gasteiger partial charge in [0.05, 0.1) is 30.4 Å². The molecular weight excluding hydrogens is 452 g/mol. The average Bonchev–Trinajstić information content (AvgIpc) is 2.49. The van der Waals surface area contributed by atoms with Crippen LogP contribution >= 0.6 is 31.9 Å². The Bertz CT molecular complexity index is 813. The Morgan fingerprint density at radius 3 is 1.83 bits per heavy atom. The van der Waals surface area contributed by atoms with Gasteiger partial charge in [-0.25, -0.2) is 4.79 Å². The Labute approximate surface area is 152 Å². The quantitative estimate of drug-likeness (QED) is 0.286. The molecule has 2 aromatic carbocycles. The fraction of sp³-hybridized carbons (Fsp3) is 0.0714. The van der Waals surface area contributed by atoms with Crippen LogP contribution in [-0.2, 0) is 0 Å². The number of aryl methyl sites for hydroxylation is 1. The highest BCUT2D eigenvalue weighted by atomic mass is 79.9. The van der Waals surface area contributed by atoms with Crippen LogP contribution in [0.5, 0.6) is 5.75 Å². The number of halogens is 2. The van der Waals surface area contributed by atoms with Gasteiger partial charge in [-0.1, -0.05) is 0 Å². The highest BCUT2D eigenvalue weighted by molar-refractivity contribution is 9.11. The van der Waals surface area contributed by atoms with E-state index < -0.39 is 27.2 Å². The normalized spacial score (nSPS) is 10.3. The van der Waals surface area contributed by atoms with Gasteiger partial charge >= 0.3 is 5.97 Å². The molecule has 0 amide bonds. The third-order valence-electron chi connectivity index (χ3n) is 2.90. The molecule has 0 radical (unpaired) electrons.